The first-order chi connectivity index (χ1) is 4.12. The molecular weight excluding hydrogens is 179 g/mol. The highest BCUT2D eigenvalue weighted by Crippen LogP contribution is 2.46. The minimum Gasteiger partial charge on any atom is -0.324 e. The molecule has 0 fully saturated rings. The molecule has 3 nitrogen and oxygen atoms in total. The molecule has 0 rings (SSSR count). The Morgan fingerprint density at radius 2 is 2.33 bits per heavy atom. The minimum atomic E-state index is -3.25. The fourth-order valence-corrected chi connectivity index (χ4v) is 3.70. The standard InChI is InChI=1S/C3H9O3PS2/c1-6-7(4,5)3-9-8-2/h3H2,1-2H3,(H,4,5). The van der Waals surface area contributed by atoms with Crippen molar-refractivity contribution in [2.75, 3.05) is 18.9 Å². The summed E-state index contributed by atoms with van der Waals surface area (Å²) in [5.74, 6) is 0. The minimum absolute atomic E-state index is 0.157. The van der Waals surface area contributed by atoms with E-state index in [1.54, 1.807) is 0 Å². The van der Waals surface area contributed by atoms with E-state index in [1.165, 1.54) is 28.7 Å². The molecule has 0 amide bonds. The summed E-state index contributed by atoms with van der Waals surface area (Å²) in [5, 5.41) is 0. The molecule has 0 saturated carbocycles. The topological polar surface area (TPSA) is 46.5 Å². The van der Waals surface area contributed by atoms with Gasteiger partial charge in [-0.15, -0.1) is 0 Å². The van der Waals surface area contributed by atoms with Gasteiger partial charge in [-0.3, -0.25) is 4.57 Å². The highest BCUT2D eigenvalue weighted by atomic mass is 33.1. The fourth-order valence-electron chi connectivity index (χ4n) is 0.172. The average Bonchev–Trinajstić information content (AvgIpc) is 1.84. The van der Waals surface area contributed by atoms with E-state index < -0.39 is 7.60 Å². The van der Waals surface area contributed by atoms with Crippen LogP contribution in [0.2, 0.25) is 0 Å². The monoisotopic (exact) mass is 188 g/mol. The SMILES string of the molecule is COP(=O)(O)CSSC. The third-order valence-corrected chi connectivity index (χ3v) is 4.81. The molecule has 1 N–H and O–H groups in total. The number of hydrogen-bond donors (Lipinski definition) is 1. The second-order valence-corrected chi connectivity index (χ2v) is 6.18. The van der Waals surface area contributed by atoms with Crippen LogP contribution in [0.25, 0.3) is 0 Å². The van der Waals surface area contributed by atoms with Gasteiger partial charge >= 0.3 is 7.60 Å². The van der Waals surface area contributed by atoms with Crippen LogP contribution < -0.4 is 0 Å². The van der Waals surface area contributed by atoms with Crippen LogP contribution in [0, 0.1) is 0 Å². The van der Waals surface area contributed by atoms with E-state index in [9.17, 15) is 4.57 Å². The summed E-state index contributed by atoms with van der Waals surface area (Å²) >= 11 is 0. The first kappa shape index (κ1) is 9.85. The van der Waals surface area contributed by atoms with E-state index in [1.807, 2.05) is 6.26 Å². The van der Waals surface area contributed by atoms with Crippen molar-refractivity contribution in [3.8, 4) is 0 Å². The van der Waals surface area contributed by atoms with Crippen LogP contribution in [0.5, 0.6) is 0 Å². The second-order valence-electron chi connectivity index (χ2n) is 1.23. The molecule has 9 heavy (non-hydrogen) atoms. The second kappa shape index (κ2) is 4.63. The maximum atomic E-state index is 10.6. The highest BCUT2D eigenvalue weighted by molar-refractivity contribution is 8.77. The maximum absolute atomic E-state index is 10.6. The predicted molar refractivity (Wildman–Crippen MR) is 42.8 cm³/mol. The third kappa shape index (κ3) is 5.30. The maximum Gasteiger partial charge on any atom is 0.338 e. The Kier molecular flexibility index (Phi) is 5.07. The van der Waals surface area contributed by atoms with Gasteiger partial charge in [0.25, 0.3) is 0 Å². The van der Waals surface area contributed by atoms with Crippen molar-refractivity contribution < 1.29 is 14.0 Å². The van der Waals surface area contributed by atoms with Gasteiger partial charge in [-0.2, -0.15) is 0 Å². The average molecular weight is 188 g/mol. The van der Waals surface area contributed by atoms with Crippen molar-refractivity contribution in [3.63, 3.8) is 0 Å². The summed E-state index contributed by atoms with van der Waals surface area (Å²) in [6.45, 7) is 0. The molecule has 0 aromatic rings. The highest BCUT2D eigenvalue weighted by Gasteiger charge is 2.15. The van der Waals surface area contributed by atoms with Gasteiger partial charge in [-0.1, -0.05) is 21.6 Å². The largest absolute Gasteiger partial charge is 0.338 e. The lowest BCUT2D eigenvalue weighted by Gasteiger charge is -2.05. The molecule has 0 aliphatic heterocycles. The van der Waals surface area contributed by atoms with Crippen LogP contribution in [0.1, 0.15) is 0 Å². The molecule has 1 atom stereocenters. The fraction of sp³-hybridized carbons (Fsp3) is 1.00. The molecule has 0 saturated heterocycles. The van der Waals surface area contributed by atoms with Gasteiger partial charge in [0.15, 0.2) is 0 Å². The molecule has 0 aromatic carbocycles. The summed E-state index contributed by atoms with van der Waals surface area (Å²) in [4.78, 5) is 8.75. The first-order valence-electron chi connectivity index (χ1n) is 2.15. The quantitative estimate of drug-likeness (QED) is 0.538. The Bertz CT molecular complexity index is 118. The van der Waals surface area contributed by atoms with E-state index in [-0.39, 0.29) is 5.49 Å². The molecule has 0 spiro atoms. The molecule has 0 aliphatic carbocycles. The smallest absolute Gasteiger partial charge is 0.324 e. The summed E-state index contributed by atoms with van der Waals surface area (Å²) in [6.07, 6.45) is 1.85. The summed E-state index contributed by atoms with van der Waals surface area (Å²) in [7, 11) is 0.756. The molecule has 6 heteroatoms. The lowest BCUT2D eigenvalue weighted by atomic mass is 11.8. The Balaban J connectivity index is 3.46. The van der Waals surface area contributed by atoms with Crippen LogP contribution in [0.3, 0.4) is 0 Å². The molecule has 0 aliphatic rings. The van der Waals surface area contributed by atoms with Crippen LogP contribution >= 0.6 is 29.2 Å². The molecule has 1 unspecified atom stereocenters. The van der Waals surface area contributed by atoms with Gasteiger partial charge in [0.05, 0.1) is 0 Å². The Morgan fingerprint density at radius 3 is 2.67 bits per heavy atom. The van der Waals surface area contributed by atoms with Crippen LogP contribution in [0.15, 0.2) is 0 Å². The third-order valence-electron chi connectivity index (χ3n) is 0.619. The summed E-state index contributed by atoms with van der Waals surface area (Å²) in [6, 6.07) is 0. The zero-order valence-corrected chi connectivity index (χ0v) is 7.76. The van der Waals surface area contributed by atoms with Crippen molar-refractivity contribution >= 4 is 29.2 Å². The van der Waals surface area contributed by atoms with Crippen LogP contribution in [-0.4, -0.2) is 23.8 Å². The Morgan fingerprint density at radius 1 is 1.78 bits per heavy atom. The van der Waals surface area contributed by atoms with Gasteiger partial charge in [0, 0.05) is 7.11 Å². The van der Waals surface area contributed by atoms with Crippen LogP contribution in [0.4, 0.5) is 0 Å². The van der Waals surface area contributed by atoms with E-state index in [2.05, 4.69) is 4.52 Å². The van der Waals surface area contributed by atoms with Gasteiger partial charge in [-0.25, -0.2) is 0 Å². The first-order valence-corrected chi connectivity index (χ1v) is 6.64. The molecule has 0 heterocycles. The van der Waals surface area contributed by atoms with E-state index >= 15 is 0 Å². The number of rotatable bonds is 4. The molecule has 0 aromatic heterocycles. The van der Waals surface area contributed by atoms with Crippen molar-refractivity contribution in [1.82, 2.24) is 0 Å². The van der Waals surface area contributed by atoms with E-state index in [0.717, 1.165) is 0 Å². The van der Waals surface area contributed by atoms with Gasteiger partial charge in [0.2, 0.25) is 0 Å². The Labute approximate surface area is 62.5 Å². The predicted octanol–water partition coefficient (Wildman–Crippen LogP) is 1.79. The summed E-state index contributed by atoms with van der Waals surface area (Å²) < 4.78 is 15.0. The Hall–Kier alpha value is 0.850. The van der Waals surface area contributed by atoms with E-state index in [0.29, 0.717) is 0 Å². The molecule has 0 radical (unpaired) electrons. The molecule has 56 valence electrons. The van der Waals surface area contributed by atoms with Gasteiger partial charge in [0.1, 0.15) is 5.49 Å². The van der Waals surface area contributed by atoms with Gasteiger partial charge in [-0.05, 0) is 6.26 Å². The van der Waals surface area contributed by atoms with E-state index in [4.69, 9.17) is 4.89 Å². The van der Waals surface area contributed by atoms with Crippen molar-refractivity contribution in [2.45, 2.75) is 0 Å². The zero-order chi connectivity index (χ0) is 7.33. The van der Waals surface area contributed by atoms with Crippen molar-refractivity contribution in [3.05, 3.63) is 0 Å². The number of hydrogen-bond acceptors (Lipinski definition) is 4. The van der Waals surface area contributed by atoms with Crippen LogP contribution in [-0.2, 0) is 9.09 Å². The summed E-state index contributed by atoms with van der Waals surface area (Å²) in [5.41, 5.74) is 0.157. The van der Waals surface area contributed by atoms with Crippen molar-refractivity contribution in [1.29, 1.82) is 0 Å². The molecule has 0 bridgehead atoms. The van der Waals surface area contributed by atoms with Gasteiger partial charge < -0.3 is 9.42 Å². The van der Waals surface area contributed by atoms with Crippen molar-refractivity contribution in [2.24, 2.45) is 0 Å². The normalized spacial score (nSPS) is 17.2. The molecular formula is C3H9O3PS2. The lowest BCUT2D eigenvalue weighted by molar-refractivity contribution is 0.321. The lowest BCUT2D eigenvalue weighted by Crippen LogP contribution is -1.83. The zero-order valence-electron chi connectivity index (χ0n) is 5.23.